The van der Waals surface area contributed by atoms with E-state index < -0.39 is 23.6 Å². The van der Waals surface area contributed by atoms with E-state index in [2.05, 4.69) is 0 Å². The van der Waals surface area contributed by atoms with Crippen molar-refractivity contribution in [3.05, 3.63) is 11.8 Å². The fourth-order valence-corrected chi connectivity index (χ4v) is 2.85. The highest BCUT2D eigenvalue weighted by atomic mass is 19.4. The predicted molar refractivity (Wildman–Crippen MR) is 53.6 cm³/mol. The van der Waals surface area contributed by atoms with Crippen molar-refractivity contribution in [2.24, 2.45) is 11.3 Å². The van der Waals surface area contributed by atoms with Crippen molar-refractivity contribution in [3.63, 3.8) is 0 Å². The van der Waals surface area contributed by atoms with E-state index in [4.69, 9.17) is 0 Å². The first-order chi connectivity index (χ1) is 7.24. The Morgan fingerprint density at radius 1 is 1.50 bits per heavy atom. The molecule has 0 amide bonds. The van der Waals surface area contributed by atoms with Crippen molar-refractivity contribution in [1.29, 1.82) is 0 Å². The largest absolute Gasteiger partial charge is 0.394 e. The summed E-state index contributed by atoms with van der Waals surface area (Å²) in [5, 5.41) is 9.56. The Labute approximate surface area is 92.7 Å². The second kappa shape index (κ2) is 3.39. The number of allylic oxidation sites excluding steroid dienone is 1. The summed E-state index contributed by atoms with van der Waals surface area (Å²) in [7, 11) is 1.86. The number of halogens is 3. The lowest BCUT2D eigenvalue weighted by Gasteiger charge is -2.39. The SMILES string of the molecule is CN1CC[C@]2(C)C[C@@H](C(F)(F)F)[C@@H](O)C=C12. The van der Waals surface area contributed by atoms with Crippen molar-refractivity contribution in [2.75, 3.05) is 13.6 Å². The number of rotatable bonds is 0. The first-order valence-corrected chi connectivity index (χ1v) is 5.42. The Bertz CT molecular complexity index is 326. The minimum Gasteiger partial charge on any atom is -0.388 e. The Kier molecular flexibility index (Phi) is 2.49. The first kappa shape index (κ1) is 11.8. The summed E-state index contributed by atoms with van der Waals surface area (Å²) < 4.78 is 38.1. The molecule has 0 saturated carbocycles. The van der Waals surface area contributed by atoms with Gasteiger partial charge in [-0.25, -0.2) is 0 Å². The number of hydrogen-bond acceptors (Lipinski definition) is 2. The lowest BCUT2D eigenvalue weighted by atomic mass is 9.71. The highest BCUT2D eigenvalue weighted by Crippen LogP contribution is 2.51. The highest BCUT2D eigenvalue weighted by Gasteiger charge is 2.53. The van der Waals surface area contributed by atoms with E-state index in [0.717, 1.165) is 18.7 Å². The Hall–Kier alpha value is -0.710. The fraction of sp³-hybridized carbons (Fsp3) is 0.818. The van der Waals surface area contributed by atoms with Crippen molar-refractivity contribution in [3.8, 4) is 0 Å². The molecule has 1 heterocycles. The zero-order valence-corrected chi connectivity index (χ0v) is 9.38. The zero-order valence-electron chi connectivity index (χ0n) is 9.38. The molecule has 92 valence electrons. The minimum atomic E-state index is -4.31. The number of aliphatic hydroxyl groups excluding tert-OH is 1. The van der Waals surface area contributed by atoms with Crippen LogP contribution < -0.4 is 0 Å². The molecule has 1 aliphatic carbocycles. The van der Waals surface area contributed by atoms with Crippen LogP contribution in [0.25, 0.3) is 0 Å². The Morgan fingerprint density at radius 3 is 2.69 bits per heavy atom. The maximum absolute atomic E-state index is 12.7. The van der Waals surface area contributed by atoms with Crippen LogP contribution in [0.1, 0.15) is 19.8 Å². The molecule has 0 bridgehead atoms. The molecular formula is C11H16F3NO. The third-order valence-electron chi connectivity index (χ3n) is 3.86. The third kappa shape index (κ3) is 1.71. The normalized spacial score (nSPS) is 39.6. The monoisotopic (exact) mass is 235 g/mol. The molecule has 1 fully saturated rings. The molecule has 0 aromatic rings. The second-order valence-corrected chi connectivity index (χ2v) is 5.13. The van der Waals surface area contributed by atoms with Gasteiger partial charge in [0.2, 0.25) is 0 Å². The van der Waals surface area contributed by atoms with Gasteiger partial charge in [0.05, 0.1) is 12.0 Å². The van der Waals surface area contributed by atoms with Crippen LogP contribution in [0.5, 0.6) is 0 Å². The van der Waals surface area contributed by atoms with Crippen molar-refractivity contribution in [2.45, 2.75) is 32.0 Å². The van der Waals surface area contributed by atoms with Gasteiger partial charge in [-0.2, -0.15) is 13.2 Å². The molecular weight excluding hydrogens is 219 g/mol. The number of hydrogen-bond donors (Lipinski definition) is 1. The van der Waals surface area contributed by atoms with Crippen LogP contribution in [0.4, 0.5) is 13.2 Å². The van der Waals surface area contributed by atoms with E-state index in [-0.39, 0.29) is 6.42 Å². The summed E-state index contributed by atoms with van der Waals surface area (Å²) in [6.07, 6.45) is -3.61. The van der Waals surface area contributed by atoms with Crippen LogP contribution in [0.2, 0.25) is 0 Å². The maximum Gasteiger partial charge on any atom is 0.394 e. The summed E-state index contributed by atoms with van der Waals surface area (Å²) in [6, 6.07) is 0. The number of fused-ring (bicyclic) bond motifs is 1. The number of alkyl halides is 3. The molecule has 5 heteroatoms. The van der Waals surface area contributed by atoms with Gasteiger partial charge in [-0.1, -0.05) is 6.92 Å². The van der Waals surface area contributed by atoms with E-state index >= 15 is 0 Å². The molecule has 3 atom stereocenters. The number of likely N-dealkylation sites (tertiary alicyclic amines) is 1. The van der Waals surface area contributed by atoms with Gasteiger partial charge in [-0.05, 0) is 18.9 Å². The molecule has 1 aliphatic heterocycles. The van der Waals surface area contributed by atoms with Gasteiger partial charge in [0, 0.05) is 24.7 Å². The molecule has 0 aromatic carbocycles. The van der Waals surface area contributed by atoms with E-state index in [1.165, 1.54) is 6.08 Å². The van der Waals surface area contributed by atoms with Gasteiger partial charge in [0.1, 0.15) is 0 Å². The van der Waals surface area contributed by atoms with Crippen LogP contribution in [0.3, 0.4) is 0 Å². The average molecular weight is 235 g/mol. The van der Waals surface area contributed by atoms with Gasteiger partial charge in [-0.15, -0.1) is 0 Å². The molecule has 1 saturated heterocycles. The van der Waals surface area contributed by atoms with Crippen LogP contribution in [0, 0.1) is 11.3 Å². The van der Waals surface area contributed by atoms with Gasteiger partial charge in [0.15, 0.2) is 0 Å². The van der Waals surface area contributed by atoms with Crippen molar-refractivity contribution < 1.29 is 18.3 Å². The summed E-state index contributed by atoms with van der Waals surface area (Å²) >= 11 is 0. The molecule has 0 radical (unpaired) electrons. The van der Waals surface area contributed by atoms with E-state index in [0.29, 0.717) is 0 Å². The molecule has 2 rings (SSSR count). The standard InChI is InChI=1S/C11H16F3NO/c1-10-3-4-15(2)9(10)5-8(16)7(6-10)11(12,13)14/h5,7-8,16H,3-4,6H2,1-2H3/t7-,8+,10-/m1/s1. The topological polar surface area (TPSA) is 23.5 Å². The zero-order chi connectivity index (χ0) is 12.1. The van der Waals surface area contributed by atoms with Crippen LogP contribution in [0.15, 0.2) is 11.8 Å². The Balaban J connectivity index is 2.32. The summed E-state index contributed by atoms with van der Waals surface area (Å²) in [6.45, 7) is 2.62. The minimum absolute atomic E-state index is 0.00611. The second-order valence-electron chi connectivity index (χ2n) is 5.13. The molecule has 0 unspecified atom stereocenters. The van der Waals surface area contributed by atoms with E-state index in [9.17, 15) is 18.3 Å². The summed E-state index contributed by atoms with van der Waals surface area (Å²) in [5.41, 5.74) is 0.439. The quantitative estimate of drug-likeness (QED) is 0.695. The van der Waals surface area contributed by atoms with Crippen molar-refractivity contribution in [1.82, 2.24) is 4.90 Å². The summed E-state index contributed by atoms with van der Waals surface area (Å²) in [4.78, 5) is 1.94. The fourth-order valence-electron chi connectivity index (χ4n) is 2.85. The average Bonchev–Trinajstić information content (AvgIpc) is 2.42. The highest BCUT2D eigenvalue weighted by molar-refractivity contribution is 5.23. The van der Waals surface area contributed by atoms with Gasteiger partial charge in [-0.3, -0.25) is 0 Å². The lowest BCUT2D eigenvalue weighted by molar-refractivity contribution is -0.203. The molecule has 2 nitrogen and oxygen atoms in total. The number of aliphatic hydroxyl groups is 1. The van der Waals surface area contributed by atoms with Crippen LogP contribution in [-0.4, -0.2) is 35.9 Å². The lowest BCUT2D eigenvalue weighted by Crippen LogP contribution is -2.41. The Morgan fingerprint density at radius 2 is 2.12 bits per heavy atom. The maximum atomic E-state index is 12.7. The van der Waals surface area contributed by atoms with Gasteiger partial charge in [0.25, 0.3) is 0 Å². The third-order valence-corrected chi connectivity index (χ3v) is 3.86. The molecule has 0 spiro atoms. The molecule has 2 aliphatic rings. The molecule has 1 N–H and O–H groups in total. The molecule has 0 aromatic heterocycles. The molecule has 16 heavy (non-hydrogen) atoms. The van der Waals surface area contributed by atoms with Gasteiger partial charge >= 0.3 is 6.18 Å². The summed E-state index contributed by atoms with van der Waals surface area (Å²) in [5.74, 6) is -1.62. The predicted octanol–water partition coefficient (Wildman–Crippen LogP) is 2.16. The van der Waals surface area contributed by atoms with Crippen LogP contribution >= 0.6 is 0 Å². The van der Waals surface area contributed by atoms with Crippen molar-refractivity contribution >= 4 is 0 Å². The van der Waals surface area contributed by atoms with E-state index in [1.54, 1.807) is 0 Å². The smallest absolute Gasteiger partial charge is 0.388 e. The number of nitrogens with zero attached hydrogens (tertiary/aromatic N) is 1. The first-order valence-electron chi connectivity index (χ1n) is 5.42. The van der Waals surface area contributed by atoms with Gasteiger partial charge < -0.3 is 10.0 Å². The van der Waals surface area contributed by atoms with Crippen LogP contribution in [-0.2, 0) is 0 Å². The van der Waals surface area contributed by atoms with E-state index in [1.807, 2.05) is 18.9 Å².